The molecule has 0 aliphatic rings. The number of sulfonamides is 1. The summed E-state index contributed by atoms with van der Waals surface area (Å²) in [7, 11) is -3.62. The second kappa shape index (κ2) is 10.9. The minimum atomic E-state index is -3.62. The predicted molar refractivity (Wildman–Crippen MR) is 128 cm³/mol. The first-order chi connectivity index (χ1) is 14.1. The van der Waals surface area contributed by atoms with E-state index in [0.29, 0.717) is 18.7 Å². The summed E-state index contributed by atoms with van der Waals surface area (Å²) in [6.07, 6.45) is 1.55. The number of nitrogens with one attached hydrogen (secondary N) is 1. The van der Waals surface area contributed by atoms with Crippen LogP contribution < -0.4 is 9.62 Å². The fourth-order valence-corrected chi connectivity index (χ4v) is 5.51. The van der Waals surface area contributed by atoms with Gasteiger partial charge >= 0.3 is 0 Å². The molecule has 0 saturated heterocycles. The summed E-state index contributed by atoms with van der Waals surface area (Å²) in [6, 6.07) is 13.1. The largest absolute Gasteiger partial charge is 0.353 e. The second-order valence-electron chi connectivity index (χ2n) is 7.54. The lowest BCUT2D eigenvalue weighted by Crippen LogP contribution is -2.50. The molecular formula is C23H32N2O3S2. The van der Waals surface area contributed by atoms with Crippen LogP contribution >= 0.6 is 11.8 Å². The Morgan fingerprint density at radius 2 is 1.80 bits per heavy atom. The van der Waals surface area contributed by atoms with Gasteiger partial charge in [0.1, 0.15) is 6.04 Å². The van der Waals surface area contributed by atoms with Crippen LogP contribution in [0.1, 0.15) is 35.6 Å². The zero-order valence-corrected chi connectivity index (χ0v) is 20.1. The monoisotopic (exact) mass is 448 g/mol. The zero-order chi connectivity index (χ0) is 22.3. The molecule has 0 aromatic heterocycles. The molecule has 0 aliphatic heterocycles. The van der Waals surface area contributed by atoms with E-state index in [2.05, 4.69) is 24.4 Å². The maximum Gasteiger partial charge on any atom is 0.243 e. The maximum atomic E-state index is 12.9. The second-order valence-corrected chi connectivity index (χ2v) is 10.5. The van der Waals surface area contributed by atoms with E-state index >= 15 is 0 Å². The van der Waals surface area contributed by atoms with E-state index in [0.717, 1.165) is 28.9 Å². The van der Waals surface area contributed by atoms with E-state index in [1.165, 1.54) is 15.4 Å². The van der Waals surface area contributed by atoms with Crippen molar-refractivity contribution in [3.05, 3.63) is 64.7 Å². The highest BCUT2D eigenvalue weighted by molar-refractivity contribution is 7.98. The molecule has 1 amide bonds. The summed E-state index contributed by atoms with van der Waals surface area (Å²) in [6.45, 7) is 8.20. The number of aryl methyl sites for hydroxylation is 3. The highest BCUT2D eigenvalue weighted by atomic mass is 32.2. The van der Waals surface area contributed by atoms with Gasteiger partial charge in [0.05, 0.1) is 11.9 Å². The van der Waals surface area contributed by atoms with Crippen molar-refractivity contribution in [2.45, 2.75) is 45.9 Å². The zero-order valence-electron chi connectivity index (χ0n) is 18.4. The molecule has 2 rings (SSSR count). The number of rotatable bonds is 10. The third kappa shape index (κ3) is 6.51. The van der Waals surface area contributed by atoms with E-state index in [-0.39, 0.29) is 5.91 Å². The van der Waals surface area contributed by atoms with Crippen LogP contribution in [0.2, 0.25) is 0 Å². The van der Waals surface area contributed by atoms with Crippen molar-refractivity contribution in [3.8, 4) is 0 Å². The van der Waals surface area contributed by atoms with Gasteiger partial charge in [-0.05, 0) is 55.5 Å². The average molecular weight is 449 g/mol. The average Bonchev–Trinajstić information content (AvgIpc) is 2.68. The summed E-state index contributed by atoms with van der Waals surface area (Å²) >= 11 is 1.75. The standard InChI is InChI=1S/C23H32N2O3S2/c1-6-21(25(30(5,27)28)22-15-17(2)11-12-19(22)4)23(26)24-13-14-29-16-20-10-8-7-9-18(20)3/h7-12,15,21H,6,13-14,16H2,1-5H3,(H,24,26)/t21-/m0/s1. The Kier molecular flexibility index (Phi) is 8.79. The van der Waals surface area contributed by atoms with Crippen LogP contribution in [0.3, 0.4) is 0 Å². The van der Waals surface area contributed by atoms with E-state index < -0.39 is 16.1 Å². The smallest absolute Gasteiger partial charge is 0.243 e. The van der Waals surface area contributed by atoms with Crippen molar-refractivity contribution in [1.82, 2.24) is 5.32 Å². The summed E-state index contributed by atoms with van der Waals surface area (Å²) in [5.41, 5.74) is 4.89. The molecule has 1 atom stereocenters. The van der Waals surface area contributed by atoms with Crippen molar-refractivity contribution < 1.29 is 13.2 Å². The van der Waals surface area contributed by atoms with Crippen LogP contribution in [0.5, 0.6) is 0 Å². The Morgan fingerprint density at radius 1 is 1.10 bits per heavy atom. The van der Waals surface area contributed by atoms with Crippen molar-refractivity contribution in [2.75, 3.05) is 22.9 Å². The number of hydrogen-bond acceptors (Lipinski definition) is 4. The van der Waals surface area contributed by atoms with Gasteiger partial charge in [0.15, 0.2) is 0 Å². The van der Waals surface area contributed by atoms with Gasteiger partial charge in [-0.3, -0.25) is 9.10 Å². The minimum Gasteiger partial charge on any atom is -0.353 e. The minimum absolute atomic E-state index is 0.264. The Bertz CT molecular complexity index is 974. The molecule has 30 heavy (non-hydrogen) atoms. The maximum absolute atomic E-state index is 12.9. The number of carbonyl (C=O) groups excluding carboxylic acids is 1. The van der Waals surface area contributed by atoms with Gasteiger partial charge in [0, 0.05) is 18.1 Å². The Morgan fingerprint density at radius 3 is 2.43 bits per heavy atom. The van der Waals surface area contributed by atoms with Crippen LogP contribution in [0.4, 0.5) is 5.69 Å². The number of amides is 1. The molecule has 0 spiro atoms. The summed E-state index contributed by atoms with van der Waals surface area (Å²) in [4.78, 5) is 12.9. The lowest BCUT2D eigenvalue weighted by atomic mass is 10.1. The van der Waals surface area contributed by atoms with E-state index in [4.69, 9.17) is 0 Å². The quantitative estimate of drug-likeness (QED) is 0.553. The summed E-state index contributed by atoms with van der Waals surface area (Å²) in [5, 5.41) is 2.93. The molecule has 0 aliphatic carbocycles. The number of benzene rings is 2. The summed E-state index contributed by atoms with van der Waals surface area (Å²) in [5.74, 6) is 1.39. The molecular weight excluding hydrogens is 416 g/mol. The van der Waals surface area contributed by atoms with Crippen LogP contribution in [0.25, 0.3) is 0 Å². The third-order valence-corrected chi connectivity index (χ3v) is 7.17. The molecule has 0 fully saturated rings. The fraction of sp³-hybridized carbons (Fsp3) is 0.435. The molecule has 0 saturated carbocycles. The van der Waals surface area contributed by atoms with E-state index in [1.54, 1.807) is 11.8 Å². The molecule has 0 bridgehead atoms. The van der Waals surface area contributed by atoms with Crippen molar-refractivity contribution in [1.29, 1.82) is 0 Å². The predicted octanol–water partition coefficient (Wildman–Crippen LogP) is 4.21. The van der Waals surface area contributed by atoms with Crippen molar-refractivity contribution in [3.63, 3.8) is 0 Å². The normalized spacial score (nSPS) is 12.4. The molecule has 5 nitrogen and oxygen atoms in total. The van der Waals surface area contributed by atoms with Gasteiger partial charge in [-0.1, -0.05) is 43.3 Å². The topological polar surface area (TPSA) is 66.5 Å². The van der Waals surface area contributed by atoms with Gasteiger partial charge in [0.2, 0.25) is 15.9 Å². The van der Waals surface area contributed by atoms with Crippen molar-refractivity contribution >= 4 is 33.4 Å². The Balaban J connectivity index is 2.03. The molecule has 2 aromatic carbocycles. The molecule has 1 N–H and O–H groups in total. The molecule has 0 unspecified atom stereocenters. The van der Waals surface area contributed by atoms with E-state index in [1.807, 2.05) is 51.1 Å². The Hall–Kier alpha value is -1.99. The number of anilines is 1. The molecule has 0 heterocycles. The number of hydrogen-bond donors (Lipinski definition) is 1. The molecule has 164 valence electrons. The van der Waals surface area contributed by atoms with Gasteiger partial charge in [0.25, 0.3) is 0 Å². The first-order valence-corrected chi connectivity index (χ1v) is 13.1. The van der Waals surface area contributed by atoms with Gasteiger partial charge in [-0.25, -0.2) is 8.42 Å². The number of thioether (sulfide) groups is 1. The number of carbonyl (C=O) groups is 1. The molecule has 2 aromatic rings. The fourth-order valence-electron chi connectivity index (χ4n) is 3.31. The SMILES string of the molecule is CC[C@@H](C(=O)NCCSCc1ccccc1C)N(c1cc(C)ccc1C)S(C)(=O)=O. The molecule has 0 radical (unpaired) electrons. The summed E-state index contributed by atoms with van der Waals surface area (Å²) < 4.78 is 26.5. The van der Waals surface area contributed by atoms with Gasteiger partial charge in [-0.2, -0.15) is 11.8 Å². The highest BCUT2D eigenvalue weighted by Crippen LogP contribution is 2.27. The lowest BCUT2D eigenvalue weighted by Gasteiger charge is -2.31. The van der Waals surface area contributed by atoms with Crippen LogP contribution in [0.15, 0.2) is 42.5 Å². The first kappa shape index (κ1) is 24.3. The van der Waals surface area contributed by atoms with Gasteiger partial charge in [-0.15, -0.1) is 0 Å². The van der Waals surface area contributed by atoms with Crippen LogP contribution in [0, 0.1) is 20.8 Å². The third-order valence-electron chi connectivity index (χ3n) is 5.00. The van der Waals surface area contributed by atoms with E-state index in [9.17, 15) is 13.2 Å². The van der Waals surface area contributed by atoms with Gasteiger partial charge < -0.3 is 5.32 Å². The molecule has 7 heteroatoms. The van der Waals surface area contributed by atoms with Crippen molar-refractivity contribution in [2.24, 2.45) is 0 Å². The van der Waals surface area contributed by atoms with Crippen LogP contribution in [-0.4, -0.2) is 38.9 Å². The Labute approximate surface area is 185 Å². The first-order valence-electron chi connectivity index (χ1n) is 10.1. The lowest BCUT2D eigenvalue weighted by molar-refractivity contribution is -0.122. The highest BCUT2D eigenvalue weighted by Gasteiger charge is 2.32. The number of nitrogens with zero attached hydrogens (tertiary/aromatic N) is 1. The van der Waals surface area contributed by atoms with Crippen LogP contribution in [-0.2, 0) is 20.6 Å².